The summed E-state index contributed by atoms with van der Waals surface area (Å²) in [4.78, 5) is 40.4. The topological polar surface area (TPSA) is 96.8 Å². The van der Waals surface area contributed by atoms with Gasteiger partial charge in [-0.25, -0.2) is 9.69 Å². The van der Waals surface area contributed by atoms with Crippen LogP contribution in [-0.4, -0.2) is 68.8 Å². The number of aromatic nitrogens is 2. The van der Waals surface area contributed by atoms with Crippen LogP contribution >= 0.6 is 0 Å². The number of rotatable bonds is 7. The fourth-order valence-corrected chi connectivity index (χ4v) is 3.60. The molecule has 1 aliphatic rings. The van der Waals surface area contributed by atoms with Crippen molar-refractivity contribution in [3.8, 4) is 0 Å². The molecule has 2 heterocycles. The van der Waals surface area contributed by atoms with Gasteiger partial charge in [-0.2, -0.15) is 5.10 Å². The molecule has 0 saturated carbocycles. The molecule has 30 heavy (non-hydrogen) atoms. The molecule has 3 amide bonds. The lowest BCUT2D eigenvalue weighted by Gasteiger charge is -2.30. The molecule has 1 aromatic rings. The number of nitrogens with zero attached hydrogens (tertiary/aromatic N) is 4. The monoisotopic (exact) mass is 421 g/mol. The first-order chi connectivity index (χ1) is 14.0. The Hall–Kier alpha value is -2.42. The van der Waals surface area contributed by atoms with Gasteiger partial charge in [0, 0.05) is 33.6 Å². The minimum Gasteiger partial charge on any atom is -0.443 e. The maximum atomic E-state index is 13.1. The average Bonchev–Trinajstić information content (AvgIpc) is 3.22. The smallest absolute Gasteiger partial charge is 0.417 e. The van der Waals surface area contributed by atoms with Crippen LogP contribution in [0.4, 0.5) is 4.79 Å². The van der Waals surface area contributed by atoms with E-state index in [1.54, 1.807) is 25.7 Å². The van der Waals surface area contributed by atoms with Gasteiger partial charge in [-0.05, 0) is 59.6 Å². The summed E-state index contributed by atoms with van der Waals surface area (Å²) in [6, 6.07) is 1.42. The normalized spacial score (nSPS) is 16.6. The quantitative estimate of drug-likeness (QED) is 0.676. The first-order valence-corrected chi connectivity index (χ1v) is 10.5. The number of hydrogen-bond acceptors (Lipinski definition) is 6. The second kappa shape index (κ2) is 10.1. The second-order valence-corrected chi connectivity index (χ2v) is 8.77. The van der Waals surface area contributed by atoms with Crippen molar-refractivity contribution in [1.82, 2.24) is 24.9 Å². The van der Waals surface area contributed by atoms with E-state index in [0.717, 1.165) is 22.7 Å². The van der Waals surface area contributed by atoms with Crippen molar-refractivity contribution in [1.29, 1.82) is 0 Å². The first kappa shape index (κ1) is 23.9. The lowest BCUT2D eigenvalue weighted by Crippen LogP contribution is -2.51. The summed E-state index contributed by atoms with van der Waals surface area (Å²) < 4.78 is 7.28. The summed E-state index contributed by atoms with van der Waals surface area (Å²) >= 11 is 0. The van der Waals surface area contributed by atoms with Gasteiger partial charge >= 0.3 is 6.09 Å². The van der Waals surface area contributed by atoms with Gasteiger partial charge in [-0.1, -0.05) is 0 Å². The lowest BCUT2D eigenvalue weighted by atomic mass is 10.2. The predicted molar refractivity (Wildman–Crippen MR) is 113 cm³/mol. The highest BCUT2D eigenvalue weighted by molar-refractivity contribution is 5.97. The maximum absolute atomic E-state index is 13.1. The number of amides is 3. The molecule has 168 valence electrons. The molecule has 1 aromatic heterocycles. The number of carbonyl (C=O) groups excluding carboxylic acids is 3. The molecule has 0 radical (unpaired) electrons. The van der Waals surface area contributed by atoms with Crippen LogP contribution in [0.25, 0.3) is 0 Å². The highest BCUT2D eigenvalue weighted by Gasteiger charge is 2.38. The molecular weight excluding hydrogens is 386 g/mol. The molecular formula is C21H35N5O4. The Kier molecular flexibility index (Phi) is 8.00. The van der Waals surface area contributed by atoms with E-state index in [-0.39, 0.29) is 18.4 Å². The van der Waals surface area contributed by atoms with Crippen molar-refractivity contribution in [3.63, 3.8) is 0 Å². The Balaban J connectivity index is 1.97. The van der Waals surface area contributed by atoms with E-state index in [2.05, 4.69) is 10.4 Å². The molecule has 0 spiro atoms. The van der Waals surface area contributed by atoms with Crippen LogP contribution in [0, 0.1) is 6.92 Å². The second-order valence-electron chi connectivity index (χ2n) is 8.77. The Morgan fingerprint density at radius 1 is 1.33 bits per heavy atom. The molecule has 1 aliphatic heterocycles. The van der Waals surface area contributed by atoms with Crippen molar-refractivity contribution in [2.45, 2.75) is 72.1 Å². The Morgan fingerprint density at radius 2 is 2.03 bits per heavy atom. The summed E-state index contributed by atoms with van der Waals surface area (Å²) in [6.07, 6.45) is 1.24. The standard InChI is InChI=1S/C21H35N5O4/c1-15-13-17(24(6)23-15)14-22-10-8-12-26(20(29)30-21(3,4)5)19(28)18-9-7-11-25(18)16(2)27/h13,18,22H,7-12,14H2,1-6H3. The van der Waals surface area contributed by atoms with Gasteiger partial charge in [-0.15, -0.1) is 0 Å². The van der Waals surface area contributed by atoms with E-state index in [9.17, 15) is 14.4 Å². The summed E-state index contributed by atoms with van der Waals surface area (Å²) in [6.45, 7) is 10.7. The number of nitrogens with one attached hydrogen (secondary N) is 1. The first-order valence-electron chi connectivity index (χ1n) is 10.5. The van der Waals surface area contributed by atoms with E-state index in [1.165, 1.54) is 6.92 Å². The molecule has 1 unspecified atom stereocenters. The third kappa shape index (κ3) is 6.55. The van der Waals surface area contributed by atoms with Crippen LogP contribution in [0.5, 0.6) is 0 Å². The largest absolute Gasteiger partial charge is 0.443 e. The van der Waals surface area contributed by atoms with Gasteiger partial charge in [0.2, 0.25) is 5.91 Å². The van der Waals surface area contributed by atoms with Crippen molar-refractivity contribution in [3.05, 3.63) is 17.5 Å². The van der Waals surface area contributed by atoms with E-state index in [4.69, 9.17) is 4.74 Å². The maximum Gasteiger partial charge on any atom is 0.417 e. The van der Waals surface area contributed by atoms with Crippen LogP contribution in [0.3, 0.4) is 0 Å². The molecule has 9 heteroatoms. The zero-order chi connectivity index (χ0) is 22.5. The number of aryl methyl sites for hydroxylation is 2. The van der Waals surface area contributed by atoms with Crippen LogP contribution in [0.15, 0.2) is 6.07 Å². The third-order valence-electron chi connectivity index (χ3n) is 4.96. The molecule has 0 aromatic carbocycles. The van der Waals surface area contributed by atoms with E-state index in [1.807, 2.05) is 24.7 Å². The summed E-state index contributed by atoms with van der Waals surface area (Å²) in [5, 5.41) is 7.63. The highest BCUT2D eigenvalue weighted by atomic mass is 16.6. The third-order valence-corrected chi connectivity index (χ3v) is 4.96. The molecule has 1 fully saturated rings. The zero-order valence-corrected chi connectivity index (χ0v) is 19.0. The Bertz CT molecular complexity index is 768. The van der Waals surface area contributed by atoms with Crippen LogP contribution < -0.4 is 5.32 Å². The van der Waals surface area contributed by atoms with Crippen LogP contribution in [0.1, 0.15) is 58.3 Å². The van der Waals surface area contributed by atoms with E-state index >= 15 is 0 Å². The van der Waals surface area contributed by atoms with Crippen LogP contribution in [0.2, 0.25) is 0 Å². The molecule has 2 rings (SSSR count). The van der Waals surface area contributed by atoms with Crippen molar-refractivity contribution >= 4 is 17.9 Å². The number of ether oxygens (including phenoxy) is 1. The summed E-state index contributed by atoms with van der Waals surface area (Å²) in [5.41, 5.74) is 1.32. The minimum absolute atomic E-state index is 0.150. The van der Waals surface area contributed by atoms with Gasteiger partial charge in [0.15, 0.2) is 0 Å². The van der Waals surface area contributed by atoms with Crippen molar-refractivity contribution in [2.75, 3.05) is 19.6 Å². The Labute approximate surface area is 178 Å². The summed E-state index contributed by atoms with van der Waals surface area (Å²) in [5.74, 6) is -0.512. The average molecular weight is 422 g/mol. The van der Waals surface area contributed by atoms with Gasteiger partial charge < -0.3 is 15.0 Å². The predicted octanol–water partition coefficient (Wildman–Crippen LogP) is 1.98. The van der Waals surface area contributed by atoms with Gasteiger partial charge in [-0.3, -0.25) is 14.3 Å². The molecule has 0 bridgehead atoms. The molecule has 1 saturated heterocycles. The van der Waals surface area contributed by atoms with Gasteiger partial charge in [0.25, 0.3) is 5.91 Å². The fourth-order valence-electron chi connectivity index (χ4n) is 3.60. The van der Waals surface area contributed by atoms with Gasteiger partial charge in [0.05, 0.1) is 11.4 Å². The number of likely N-dealkylation sites (tertiary alicyclic amines) is 1. The van der Waals surface area contributed by atoms with Crippen molar-refractivity contribution in [2.24, 2.45) is 7.05 Å². The number of imide groups is 1. The molecule has 1 N–H and O–H groups in total. The fraction of sp³-hybridized carbons (Fsp3) is 0.714. The zero-order valence-electron chi connectivity index (χ0n) is 19.0. The Morgan fingerprint density at radius 3 is 2.60 bits per heavy atom. The van der Waals surface area contributed by atoms with Gasteiger partial charge in [0.1, 0.15) is 11.6 Å². The molecule has 9 nitrogen and oxygen atoms in total. The summed E-state index contributed by atoms with van der Waals surface area (Å²) in [7, 11) is 1.90. The number of hydrogen-bond donors (Lipinski definition) is 1. The van der Waals surface area contributed by atoms with Crippen LogP contribution in [-0.2, 0) is 27.9 Å². The molecule has 0 aliphatic carbocycles. The minimum atomic E-state index is -0.707. The lowest BCUT2D eigenvalue weighted by molar-refractivity contribution is -0.142. The van der Waals surface area contributed by atoms with E-state index < -0.39 is 17.7 Å². The number of carbonyl (C=O) groups is 3. The molecule has 1 atom stereocenters. The SMILES string of the molecule is CC(=O)N1CCCC1C(=O)N(CCCNCc1cc(C)nn1C)C(=O)OC(C)(C)C. The highest BCUT2D eigenvalue weighted by Crippen LogP contribution is 2.21. The van der Waals surface area contributed by atoms with Crippen molar-refractivity contribution < 1.29 is 19.1 Å². The van der Waals surface area contributed by atoms with E-state index in [0.29, 0.717) is 32.5 Å².